The Labute approximate surface area is 97.9 Å². The number of nitrogens with one attached hydrogen (secondary N) is 1. The molecule has 1 saturated carbocycles. The summed E-state index contributed by atoms with van der Waals surface area (Å²) in [6.07, 6.45) is 2.96. The molecule has 0 spiro atoms. The minimum atomic E-state index is -0.175. The Kier molecular flexibility index (Phi) is 3.28. The van der Waals surface area contributed by atoms with Gasteiger partial charge in [-0.2, -0.15) is 0 Å². The molecule has 1 aliphatic carbocycles. The van der Waals surface area contributed by atoms with Crippen molar-refractivity contribution in [2.75, 3.05) is 5.32 Å². The van der Waals surface area contributed by atoms with E-state index in [-0.39, 0.29) is 12.1 Å². The first kappa shape index (κ1) is 10.2. The minimum absolute atomic E-state index is 0.175. The zero-order valence-electron chi connectivity index (χ0n) is 7.91. The van der Waals surface area contributed by atoms with Gasteiger partial charge in [-0.1, -0.05) is 12.1 Å². The van der Waals surface area contributed by atoms with Gasteiger partial charge in [0.25, 0.3) is 0 Å². The van der Waals surface area contributed by atoms with Gasteiger partial charge in [0.1, 0.15) is 0 Å². The van der Waals surface area contributed by atoms with Gasteiger partial charge in [-0.15, -0.1) is 0 Å². The van der Waals surface area contributed by atoms with E-state index in [0.29, 0.717) is 0 Å². The maximum absolute atomic E-state index is 9.68. The molecular formula is C11H14INO. The molecule has 2 rings (SSSR count). The van der Waals surface area contributed by atoms with Crippen molar-refractivity contribution in [2.24, 2.45) is 0 Å². The van der Waals surface area contributed by atoms with E-state index < -0.39 is 0 Å². The molecule has 0 aromatic heterocycles. The minimum Gasteiger partial charge on any atom is -0.391 e. The van der Waals surface area contributed by atoms with Crippen LogP contribution in [0.2, 0.25) is 0 Å². The molecule has 0 aliphatic heterocycles. The topological polar surface area (TPSA) is 32.3 Å². The van der Waals surface area contributed by atoms with Crippen LogP contribution in [0, 0.1) is 3.57 Å². The van der Waals surface area contributed by atoms with E-state index in [1.54, 1.807) is 0 Å². The number of anilines is 1. The SMILES string of the molecule is O[C@H]1CCC[C@@H]1Nc1ccccc1I. The highest BCUT2D eigenvalue weighted by Crippen LogP contribution is 2.25. The largest absolute Gasteiger partial charge is 0.391 e. The summed E-state index contributed by atoms with van der Waals surface area (Å²) >= 11 is 2.31. The van der Waals surface area contributed by atoms with Crippen molar-refractivity contribution in [3.8, 4) is 0 Å². The van der Waals surface area contributed by atoms with E-state index in [1.807, 2.05) is 12.1 Å². The highest BCUT2D eigenvalue weighted by atomic mass is 127. The van der Waals surface area contributed by atoms with Gasteiger partial charge in [-0.05, 0) is 54.0 Å². The van der Waals surface area contributed by atoms with Crippen LogP contribution in [0.3, 0.4) is 0 Å². The Hall–Kier alpha value is -0.290. The monoisotopic (exact) mass is 303 g/mol. The molecule has 0 radical (unpaired) electrons. The highest BCUT2D eigenvalue weighted by molar-refractivity contribution is 14.1. The smallest absolute Gasteiger partial charge is 0.0741 e. The van der Waals surface area contributed by atoms with Crippen molar-refractivity contribution in [3.63, 3.8) is 0 Å². The summed E-state index contributed by atoms with van der Waals surface area (Å²) in [6.45, 7) is 0. The molecule has 1 fully saturated rings. The lowest BCUT2D eigenvalue weighted by atomic mass is 10.2. The fourth-order valence-electron chi connectivity index (χ4n) is 1.89. The van der Waals surface area contributed by atoms with Gasteiger partial charge < -0.3 is 10.4 Å². The molecule has 2 atom stereocenters. The molecule has 0 amide bonds. The summed E-state index contributed by atoms with van der Waals surface area (Å²) < 4.78 is 1.21. The van der Waals surface area contributed by atoms with Crippen molar-refractivity contribution in [1.82, 2.24) is 0 Å². The number of hydrogen-bond acceptors (Lipinski definition) is 2. The van der Waals surface area contributed by atoms with Gasteiger partial charge >= 0.3 is 0 Å². The summed E-state index contributed by atoms with van der Waals surface area (Å²) in [5.74, 6) is 0. The van der Waals surface area contributed by atoms with Crippen molar-refractivity contribution in [2.45, 2.75) is 31.4 Å². The number of aliphatic hydroxyl groups excluding tert-OH is 1. The maximum atomic E-state index is 9.68. The molecule has 1 aromatic rings. The van der Waals surface area contributed by atoms with E-state index in [2.05, 4.69) is 40.0 Å². The summed E-state index contributed by atoms with van der Waals surface area (Å²) in [5, 5.41) is 13.1. The van der Waals surface area contributed by atoms with Crippen molar-refractivity contribution >= 4 is 28.3 Å². The van der Waals surface area contributed by atoms with E-state index in [1.165, 1.54) is 3.57 Å². The van der Waals surface area contributed by atoms with Crippen LogP contribution in [-0.4, -0.2) is 17.3 Å². The Morgan fingerprint density at radius 3 is 2.71 bits per heavy atom. The number of para-hydroxylation sites is 1. The second-order valence-corrected chi connectivity index (χ2v) is 4.89. The number of rotatable bonds is 2. The molecule has 0 saturated heterocycles. The van der Waals surface area contributed by atoms with Crippen molar-refractivity contribution in [1.29, 1.82) is 0 Å². The van der Waals surface area contributed by atoms with Gasteiger partial charge in [0.05, 0.1) is 12.1 Å². The molecule has 1 aromatic carbocycles. The Morgan fingerprint density at radius 2 is 2.07 bits per heavy atom. The van der Waals surface area contributed by atoms with E-state index in [4.69, 9.17) is 0 Å². The van der Waals surface area contributed by atoms with Gasteiger partial charge in [0.2, 0.25) is 0 Å². The quantitative estimate of drug-likeness (QED) is 0.823. The number of hydrogen-bond donors (Lipinski definition) is 2. The Balaban J connectivity index is 2.07. The van der Waals surface area contributed by atoms with Crippen LogP contribution in [0.5, 0.6) is 0 Å². The zero-order valence-corrected chi connectivity index (χ0v) is 10.1. The van der Waals surface area contributed by atoms with Crippen LogP contribution in [0.15, 0.2) is 24.3 Å². The maximum Gasteiger partial charge on any atom is 0.0741 e. The predicted octanol–water partition coefficient (Wildman–Crippen LogP) is 2.62. The molecular weight excluding hydrogens is 289 g/mol. The first-order chi connectivity index (χ1) is 6.77. The normalized spacial score (nSPS) is 26.4. The van der Waals surface area contributed by atoms with E-state index >= 15 is 0 Å². The first-order valence-electron chi connectivity index (χ1n) is 4.96. The lowest BCUT2D eigenvalue weighted by Gasteiger charge is -2.18. The summed E-state index contributed by atoms with van der Waals surface area (Å²) in [5.41, 5.74) is 1.14. The van der Waals surface area contributed by atoms with E-state index in [0.717, 1.165) is 24.9 Å². The third kappa shape index (κ3) is 2.20. The third-order valence-corrected chi connectivity index (χ3v) is 3.63. The second-order valence-electron chi connectivity index (χ2n) is 3.73. The lowest BCUT2D eigenvalue weighted by Crippen LogP contribution is -2.28. The summed E-state index contributed by atoms with van der Waals surface area (Å²) in [6, 6.07) is 8.42. The molecule has 14 heavy (non-hydrogen) atoms. The molecule has 2 nitrogen and oxygen atoms in total. The molecule has 2 N–H and O–H groups in total. The average Bonchev–Trinajstić information content (AvgIpc) is 2.56. The standard InChI is InChI=1S/C11H14INO/c12-8-4-1-2-5-9(8)13-10-6-3-7-11(10)14/h1-2,4-5,10-11,13-14H,3,6-7H2/t10-,11-/m0/s1. The fourth-order valence-corrected chi connectivity index (χ4v) is 2.43. The number of aliphatic hydroxyl groups is 1. The summed E-state index contributed by atoms with van der Waals surface area (Å²) in [4.78, 5) is 0. The second kappa shape index (κ2) is 4.49. The third-order valence-electron chi connectivity index (χ3n) is 2.69. The number of benzene rings is 1. The van der Waals surface area contributed by atoms with Gasteiger partial charge in [0.15, 0.2) is 0 Å². The Morgan fingerprint density at radius 1 is 1.29 bits per heavy atom. The van der Waals surface area contributed by atoms with Crippen LogP contribution in [-0.2, 0) is 0 Å². The molecule has 0 bridgehead atoms. The average molecular weight is 303 g/mol. The molecule has 1 aliphatic rings. The van der Waals surface area contributed by atoms with E-state index in [9.17, 15) is 5.11 Å². The van der Waals surface area contributed by atoms with Crippen LogP contribution in [0.4, 0.5) is 5.69 Å². The van der Waals surface area contributed by atoms with Crippen LogP contribution in [0.25, 0.3) is 0 Å². The van der Waals surface area contributed by atoms with Crippen LogP contribution in [0.1, 0.15) is 19.3 Å². The fraction of sp³-hybridized carbons (Fsp3) is 0.455. The highest BCUT2D eigenvalue weighted by Gasteiger charge is 2.25. The van der Waals surface area contributed by atoms with Crippen molar-refractivity contribution in [3.05, 3.63) is 27.8 Å². The predicted molar refractivity (Wildman–Crippen MR) is 66.4 cm³/mol. The Bertz CT molecular complexity index is 316. The molecule has 0 heterocycles. The lowest BCUT2D eigenvalue weighted by molar-refractivity contribution is 0.172. The van der Waals surface area contributed by atoms with Crippen molar-refractivity contribution < 1.29 is 5.11 Å². The molecule has 0 unspecified atom stereocenters. The first-order valence-corrected chi connectivity index (χ1v) is 6.04. The number of halogens is 1. The summed E-state index contributed by atoms with van der Waals surface area (Å²) in [7, 11) is 0. The molecule has 76 valence electrons. The van der Waals surface area contributed by atoms with Gasteiger partial charge in [0, 0.05) is 9.26 Å². The zero-order chi connectivity index (χ0) is 9.97. The van der Waals surface area contributed by atoms with Gasteiger partial charge in [-0.25, -0.2) is 0 Å². The van der Waals surface area contributed by atoms with Gasteiger partial charge in [-0.3, -0.25) is 0 Å². The van der Waals surface area contributed by atoms with Crippen LogP contribution < -0.4 is 5.32 Å². The molecule has 3 heteroatoms. The van der Waals surface area contributed by atoms with Crippen LogP contribution >= 0.6 is 22.6 Å².